The molecule has 1 aromatic carbocycles. The molecule has 4 aliphatic rings. The number of carbonyl (C=O) groups excluding carboxylic acids is 2. The highest BCUT2D eigenvalue weighted by Gasteiger charge is 2.37. The molecule has 4 fully saturated rings. The van der Waals surface area contributed by atoms with Crippen molar-refractivity contribution in [3.05, 3.63) is 53.9 Å². The summed E-state index contributed by atoms with van der Waals surface area (Å²) in [7, 11) is 0. The second-order valence-electron chi connectivity index (χ2n) is 9.07. The van der Waals surface area contributed by atoms with Gasteiger partial charge in [0.15, 0.2) is 11.6 Å². The number of amides is 2. The predicted octanol–water partition coefficient (Wildman–Crippen LogP) is 2.50. The number of nitrogens with one attached hydrogen (secondary N) is 1. The molecule has 4 aliphatic heterocycles. The largest absolute Gasteiger partial charge is 0.489 e. The number of carbonyl (C=O) groups is 2. The highest BCUT2D eigenvalue weighted by molar-refractivity contribution is 5.96. The molecular weight excluding hydrogens is 474 g/mol. The van der Waals surface area contributed by atoms with E-state index < -0.39 is 23.6 Å². The summed E-state index contributed by atoms with van der Waals surface area (Å²) in [4.78, 5) is 28.9. The summed E-state index contributed by atoms with van der Waals surface area (Å²) >= 11 is 0. The Hall–Kier alpha value is -3.15. The first-order chi connectivity index (χ1) is 17.3. The fourth-order valence-electron chi connectivity index (χ4n) is 4.36. The number of fused-ring (bicyclic) bond motifs is 2. The second kappa shape index (κ2) is 11.7. The standard InChI is InChI=1S/C13H15F2NO2.C12H15N3O3/c14-11-2-1-3-12(13(11)15)17-5-4-16-7-9-6-10(8-16)18-9;1-7-2-3-10(18-7)12(17)15-8-4-5-14-9(6-8)11(13)16/h1-3,9-10H,4-8H2;4-7,10H,2-3H2,1H3,(H2,13,16)(H,14,15,17). The molecule has 4 saturated heterocycles. The van der Waals surface area contributed by atoms with E-state index in [1.165, 1.54) is 24.4 Å². The average Bonchev–Trinajstić information content (AvgIpc) is 3.28. The number of ether oxygens (including phenoxy) is 3. The molecule has 0 radical (unpaired) electrons. The summed E-state index contributed by atoms with van der Waals surface area (Å²) in [6.07, 6.45) is 4.56. The van der Waals surface area contributed by atoms with E-state index in [0.29, 0.717) is 37.5 Å². The number of halogens is 2. The first-order valence-electron chi connectivity index (χ1n) is 11.9. The lowest BCUT2D eigenvalue weighted by Crippen LogP contribution is -2.57. The maximum absolute atomic E-state index is 13.3. The number of benzene rings is 1. The number of rotatable bonds is 7. The Bertz CT molecular complexity index is 1070. The van der Waals surface area contributed by atoms with Gasteiger partial charge in [-0.15, -0.1) is 0 Å². The molecule has 5 heterocycles. The van der Waals surface area contributed by atoms with Crippen LogP contribution < -0.4 is 15.8 Å². The van der Waals surface area contributed by atoms with E-state index in [2.05, 4.69) is 15.2 Å². The van der Waals surface area contributed by atoms with Crippen molar-refractivity contribution in [1.82, 2.24) is 9.88 Å². The number of pyridine rings is 1. The van der Waals surface area contributed by atoms with Crippen molar-refractivity contribution in [3.8, 4) is 5.75 Å². The van der Waals surface area contributed by atoms with Crippen molar-refractivity contribution in [2.45, 2.75) is 50.6 Å². The number of piperidine rings is 1. The summed E-state index contributed by atoms with van der Waals surface area (Å²) in [5, 5.41) is 2.69. The Balaban J connectivity index is 0.000000169. The number of nitrogens with zero attached hydrogens (tertiary/aromatic N) is 2. The minimum absolute atomic E-state index is 0.0200. The summed E-state index contributed by atoms with van der Waals surface area (Å²) in [6, 6.07) is 7.01. The van der Waals surface area contributed by atoms with Crippen LogP contribution in [0.15, 0.2) is 36.5 Å². The molecule has 2 bridgehead atoms. The van der Waals surface area contributed by atoms with Crippen molar-refractivity contribution in [2.24, 2.45) is 5.73 Å². The maximum Gasteiger partial charge on any atom is 0.267 e. The van der Waals surface area contributed by atoms with Crippen molar-refractivity contribution in [1.29, 1.82) is 0 Å². The van der Waals surface area contributed by atoms with Gasteiger partial charge in [-0.2, -0.15) is 4.39 Å². The molecular formula is C25H30F2N4O5. The van der Waals surface area contributed by atoms with Gasteiger partial charge < -0.3 is 25.3 Å². The van der Waals surface area contributed by atoms with Crippen molar-refractivity contribution < 1.29 is 32.6 Å². The van der Waals surface area contributed by atoms with Crippen LogP contribution in [-0.4, -0.2) is 72.4 Å². The van der Waals surface area contributed by atoms with Crippen LogP contribution in [-0.2, 0) is 14.3 Å². The van der Waals surface area contributed by atoms with Crippen molar-refractivity contribution in [3.63, 3.8) is 0 Å². The molecule has 4 atom stereocenters. The molecule has 0 saturated carbocycles. The molecule has 1 aromatic heterocycles. The highest BCUT2D eigenvalue weighted by Crippen LogP contribution is 2.27. The molecule has 11 heteroatoms. The molecule has 2 aromatic rings. The van der Waals surface area contributed by atoms with Gasteiger partial charge in [0.2, 0.25) is 5.82 Å². The van der Waals surface area contributed by atoms with Crippen molar-refractivity contribution in [2.75, 3.05) is 31.6 Å². The second-order valence-corrected chi connectivity index (χ2v) is 9.07. The highest BCUT2D eigenvalue weighted by atomic mass is 19.2. The number of hydrogen-bond donors (Lipinski definition) is 2. The van der Waals surface area contributed by atoms with E-state index in [1.54, 1.807) is 6.07 Å². The summed E-state index contributed by atoms with van der Waals surface area (Å²) < 4.78 is 42.5. The van der Waals surface area contributed by atoms with E-state index in [0.717, 1.165) is 32.0 Å². The fourth-order valence-corrected chi connectivity index (χ4v) is 4.36. The van der Waals surface area contributed by atoms with Gasteiger partial charge in [-0.3, -0.25) is 19.5 Å². The predicted molar refractivity (Wildman–Crippen MR) is 127 cm³/mol. The van der Waals surface area contributed by atoms with Gasteiger partial charge in [-0.1, -0.05) is 6.07 Å². The Morgan fingerprint density at radius 1 is 1.19 bits per heavy atom. The topological polar surface area (TPSA) is 116 Å². The third kappa shape index (κ3) is 6.74. The van der Waals surface area contributed by atoms with E-state index in [1.807, 2.05) is 6.92 Å². The first-order valence-corrected chi connectivity index (χ1v) is 11.9. The van der Waals surface area contributed by atoms with Crippen LogP contribution in [0.4, 0.5) is 14.5 Å². The molecule has 6 rings (SSSR count). The van der Waals surface area contributed by atoms with E-state index >= 15 is 0 Å². The average molecular weight is 505 g/mol. The van der Waals surface area contributed by atoms with Crippen LogP contribution in [0.5, 0.6) is 5.75 Å². The minimum Gasteiger partial charge on any atom is -0.489 e. The number of nitrogens with two attached hydrogens (primary N) is 1. The van der Waals surface area contributed by atoms with E-state index in [4.69, 9.17) is 19.9 Å². The van der Waals surface area contributed by atoms with Crippen molar-refractivity contribution >= 4 is 17.5 Å². The monoisotopic (exact) mass is 504 g/mol. The van der Waals surface area contributed by atoms with Gasteiger partial charge in [0, 0.05) is 37.9 Å². The molecule has 2 amide bonds. The van der Waals surface area contributed by atoms with E-state index in [-0.39, 0.29) is 23.5 Å². The van der Waals surface area contributed by atoms with Crippen LogP contribution in [0, 0.1) is 11.6 Å². The zero-order valence-electron chi connectivity index (χ0n) is 20.0. The Morgan fingerprint density at radius 2 is 1.94 bits per heavy atom. The van der Waals surface area contributed by atoms with E-state index in [9.17, 15) is 18.4 Å². The fraction of sp³-hybridized carbons (Fsp3) is 0.480. The smallest absolute Gasteiger partial charge is 0.267 e. The quantitative estimate of drug-likeness (QED) is 0.595. The molecule has 3 N–H and O–H groups in total. The SMILES string of the molecule is CC1CCC(C(=O)Nc2ccnc(C(N)=O)c2)O1.Fc1cccc(OCCN2CC3CC(C2)O3)c1F. The Labute approximate surface area is 207 Å². The van der Waals surface area contributed by atoms with Crippen LogP contribution in [0.3, 0.4) is 0 Å². The van der Waals surface area contributed by atoms with Crippen LogP contribution in [0.25, 0.3) is 0 Å². The molecule has 0 aliphatic carbocycles. The van der Waals surface area contributed by atoms with Gasteiger partial charge in [0.05, 0.1) is 18.3 Å². The normalized spacial score (nSPS) is 24.8. The lowest BCUT2D eigenvalue weighted by molar-refractivity contribution is -0.181. The van der Waals surface area contributed by atoms with Crippen LogP contribution in [0.1, 0.15) is 36.7 Å². The number of primary amides is 1. The maximum atomic E-state index is 13.3. The summed E-state index contributed by atoms with van der Waals surface area (Å²) in [5.74, 6) is -2.64. The van der Waals surface area contributed by atoms with Gasteiger partial charge in [-0.05, 0) is 44.0 Å². The van der Waals surface area contributed by atoms with Gasteiger partial charge in [-0.25, -0.2) is 4.39 Å². The minimum atomic E-state index is -0.915. The third-order valence-corrected chi connectivity index (χ3v) is 6.22. The number of anilines is 1. The molecule has 36 heavy (non-hydrogen) atoms. The third-order valence-electron chi connectivity index (χ3n) is 6.22. The van der Waals surface area contributed by atoms with Crippen LogP contribution in [0.2, 0.25) is 0 Å². The summed E-state index contributed by atoms with van der Waals surface area (Å²) in [6.45, 7) is 4.83. The van der Waals surface area contributed by atoms with Gasteiger partial charge in [0.25, 0.3) is 11.8 Å². The lowest BCUT2D eigenvalue weighted by Gasteiger charge is -2.47. The number of hydrogen-bond acceptors (Lipinski definition) is 7. The lowest BCUT2D eigenvalue weighted by atomic mass is 9.99. The zero-order chi connectivity index (χ0) is 25.7. The van der Waals surface area contributed by atoms with Crippen LogP contribution >= 0.6 is 0 Å². The zero-order valence-corrected chi connectivity index (χ0v) is 20.0. The van der Waals surface area contributed by atoms with Gasteiger partial charge in [0.1, 0.15) is 18.4 Å². The number of morpholine rings is 1. The molecule has 9 nitrogen and oxygen atoms in total. The first kappa shape index (κ1) is 25.9. The molecule has 4 unspecified atom stereocenters. The number of aromatic nitrogens is 1. The van der Waals surface area contributed by atoms with Gasteiger partial charge >= 0.3 is 0 Å². The Kier molecular flexibility index (Phi) is 8.44. The molecule has 0 spiro atoms. The Morgan fingerprint density at radius 3 is 2.61 bits per heavy atom. The summed E-state index contributed by atoms with van der Waals surface area (Å²) in [5.41, 5.74) is 5.73. The molecule has 194 valence electrons.